The van der Waals surface area contributed by atoms with Crippen molar-refractivity contribution in [1.82, 2.24) is 0 Å². The Morgan fingerprint density at radius 3 is 2.52 bits per heavy atom. The van der Waals surface area contributed by atoms with E-state index in [0.29, 0.717) is 5.69 Å². The zero-order valence-electron chi connectivity index (χ0n) is 12.9. The van der Waals surface area contributed by atoms with E-state index in [1.165, 1.54) is 16.2 Å². The summed E-state index contributed by atoms with van der Waals surface area (Å²) in [4.78, 5) is 27.4. The summed E-state index contributed by atoms with van der Waals surface area (Å²) in [5.74, 6) is -1.16. The first kappa shape index (κ1) is 15.5. The summed E-state index contributed by atoms with van der Waals surface area (Å²) in [5, 5.41) is 12.3. The molecule has 118 valence electrons. The Labute approximate surface area is 138 Å². The minimum Gasteiger partial charge on any atom is -0.503 e. The van der Waals surface area contributed by atoms with Gasteiger partial charge in [-0.2, -0.15) is 0 Å². The number of para-hydroxylation sites is 1. The summed E-state index contributed by atoms with van der Waals surface area (Å²) in [6, 6.07) is 10.5. The van der Waals surface area contributed by atoms with E-state index in [1.807, 2.05) is 36.6 Å². The third-order valence-electron chi connectivity index (χ3n) is 4.01. The highest BCUT2D eigenvalue weighted by Gasteiger charge is 2.44. The van der Waals surface area contributed by atoms with Crippen molar-refractivity contribution in [2.45, 2.75) is 26.3 Å². The minimum atomic E-state index is -0.558. The Kier molecular flexibility index (Phi) is 4.05. The molecule has 4 nitrogen and oxygen atoms in total. The van der Waals surface area contributed by atoms with Crippen LogP contribution in [0.2, 0.25) is 0 Å². The SMILES string of the molecule is CCC(=O)C1=C(O)C(=O)N(c2ccccc2)C1c1sccc1C. The van der Waals surface area contributed by atoms with E-state index < -0.39 is 17.7 Å². The van der Waals surface area contributed by atoms with Crippen molar-refractivity contribution in [2.75, 3.05) is 4.90 Å². The van der Waals surface area contributed by atoms with Crippen LogP contribution in [0.4, 0.5) is 5.69 Å². The average Bonchev–Trinajstić information content (AvgIpc) is 3.09. The summed E-state index contributed by atoms with van der Waals surface area (Å²) in [7, 11) is 0. The van der Waals surface area contributed by atoms with Crippen molar-refractivity contribution < 1.29 is 14.7 Å². The van der Waals surface area contributed by atoms with E-state index in [0.717, 1.165) is 10.4 Å². The maximum Gasteiger partial charge on any atom is 0.294 e. The molecule has 0 aliphatic carbocycles. The van der Waals surface area contributed by atoms with Crippen molar-refractivity contribution in [1.29, 1.82) is 0 Å². The Balaban J connectivity index is 2.19. The van der Waals surface area contributed by atoms with E-state index in [1.54, 1.807) is 19.1 Å². The second kappa shape index (κ2) is 6.01. The van der Waals surface area contributed by atoms with Crippen LogP contribution >= 0.6 is 11.3 Å². The van der Waals surface area contributed by atoms with E-state index >= 15 is 0 Å². The number of aliphatic hydroxyl groups excluding tert-OH is 1. The third kappa shape index (κ3) is 2.47. The number of carbonyl (C=O) groups excluding carboxylic acids is 2. The van der Waals surface area contributed by atoms with Gasteiger partial charge >= 0.3 is 0 Å². The fourth-order valence-electron chi connectivity index (χ4n) is 2.85. The molecule has 2 aromatic rings. The number of ketones is 1. The number of carbonyl (C=O) groups is 2. The summed E-state index contributed by atoms with van der Waals surface area (Å²) in [5.41, 5.74) is 1.87. The lowest BCUT2D eigenvalue weighted by Gasteiger charge is -2.26. The van der Waals surface area contributed by atoms with Crippen LogP contribution in [0.25, 0.3) is 0 Å². The molecule has 0 saturated carbocycles. The maximum atomic E-state index is 12.6. The second-order valence-corrected chi connectivity index (χ2v) is 6.37. The molecule has 1 aromatic heterocycles. The number of benzene rings is 1. The minimum absolute atomic E-state index is 0.201. The van der Waals surface area contributed by atoms with Gasteiger partial charge in [-0.05, 0) is 36.1 Å². The first-order valence-corrected chi connectivity index (χ1v) is 8.33. The predicted octanol–water partition coefficient (Wildman–Crippen LogP) is 3.94. The van der Waals surface area contributed by atoms with E-state index in [-0.39, 0.29) is 17.8 Å². The number of hydrogen-bond acceptors (Lipinski definition) is 4. The number of hydrogen-bond donors (Lipinski definition) is 1. The number of nitrogens with zero attached hydrogens (tertiary/aromatic N) is 1. The molecule has 23 heavy (non-hydrogen) atoms. The molecule has 1 unspecified atom stereocenters. The lowest BCUT2D eigenvalue weighted by molar-refractivity contribution is -0.118. The smallest absolute Gasteiger partial charge is 0.294 e. The number of anilines is 1. The van der Waals surface area contributed by atoms with Crippen LogP contribution in [-0.4, -0.2) is 16.8 Å². The van der Waals surface area contributed by atoms with E-state index in [2.05, 4.69) is 0 Å². The fourth-order valence-corrected chi connectivity index (χ4v) is 3.87. The van der Waals surface area contributed by atoms with Gasteiger partial charge in [0.1, 0.15) is 6.04 Å². The molecule has 0 saturated heterocycles. The normalized spacial score (nSPS) is 17.9. The highest BCUT2D eigenvalue weighted by atomic mass is 32.1. The Morgan fingerprint density at radius 2 is 1.96 bits per heavy atom. The van der Waals surface area contributed by atoms with Crippen LogP contribution in [0.5, 0.6) is 0 Å². The molecule has 1 amide bonds. The van der Waals surface area contributed by atoms with Gasteiger partial charge in [-0.1, -0.05) is 25.1 Å². The lowest BCUT2D eigenvalue weighted by Crippen LogP contribution is -2.30. The first-order chi connectivity index (χ1) is 11.1. The van der Waals surface area contributed by atoms with Gasteiger partial charge in [0, 0.05) is 17.0 Å². The van der Waals surface area contributed by atoms with Gasteiger partial charge in [0.05, 0.1) is 5.57 Å². The molecule has 0 bridgehead atoms. The highest BCUT2D eigenvalue weighted by Crippen LogP contribution is 2.43. The fraction of sp³-hybridized carbons (Fsp3) is 0.222. The number of Topliss-reactive ketones (excluding diaryl/α,β-unsaturated/α-hetero) is 1. The van der Waals surface area contributed by atoms with Crippen LogP contribution < -0.4 is 4.90 Å². The first-order valence-electron chi connectivity index (χ1n) is 7.45. The maximum absolute atomic E-state index is 12.6. The predicted molar refractivity (Wildman–Crippen MR) is 90.7 cm³/mol. The van der Waals surface area contributed by atoms with Crippen LogP contribution in [0, 0.1) is 6.92 Å². The monoisotopic (exact) mass is 327 g/mol. The lowest BCUT2D eigenvalue weighted by atomic mass is 9.98. The topological polar surface area (TPSA) is 57.6 Å². The average molecular weight is 327 g/mol. The molecule has 0 spiro atoms. The van der Waals surface area contributed by atoms with Crippen molar-refractivity contribution in [2.24, 2.45) is 0 Å². The quantitative estimate of drug-likeness (QED) is 0.925. The molecule has 0 radical (unpaired) electrons. The molecular weight excluding hydrogens is 310 g/mol. The number of aryl methyl sites for hydroxylation is 1. The summed E-state index contributed by atoms with van der Waals surface area (Å²) < 4.78 is 0. The number of rotatable bonds is 4. The van der Waals surface area contributed by atoms with Gasteiger partial charge in [-0.3, -0.25) is 14.5 Å². The second-order valence-electron chi connectivity index (χ2n) is 5.42. The van der Waals surface area contributed by atoms with Crippen molar-refractivity contribution in [3.63, 3.8) is 0 Å². The Bertz CT molecular complexity index is 792. The van der Waals surface area contributed by atoms with Crippen LogP contribution in [0.15, 0.2) is 53.1 Å². The van der Waals surface area contributed by atoms with Gasteiger partial charge in [0.25, 0.3) is 5.91 Å². The zero-order valence-corrected chi connectivity index (χ0v) is 13.8. The third-order valence-corrected chi connectivity index (χ3v) is 5.09. The van der Waals surface area contributed by atoms with E-state index in [9.17, 15) is 14.7 Å². The largest absolute Gasteiger partial charge is 0.503 e. The molecule has 1 aliphatic rings. The van der Waals surface area contributed by atoms with Gasteiger partial charge in [-0.25, -0.2) is 0 Å². The standard InChI is InChI=1S/C18H17NO3S/c1-3-13(20)14-15(17-11(2)9-10-23-17)19(18(22)16(14)21)12-7-5-4-6-8-12/h4-10,15,21H,3H2,1-2H3. The molecule has 2 heterocycles. The number of amides is 1. The van der Waals surface area contributed by atoms with Gasteiger partial charge < -0.3 is 5.11 Å². The summed E-state index contributed by atoms with van der Waals surface area (Å²) >= 11 is 1.49. The van der Waals surface area contributed by atoms with Gasteiger partial charge in [-0.15, -0.1) is 11.3 Å². The molecule has 1 aromatic carbocycles. The molecule has 1 atom stereocenters. The van der Waals surface area contributed by atoms with Crippen LogP contribution in [0.1, 0.15) is 29.8 Å². The van der Waals surface area contributed by atoms with Crippen LogP contribution in [0.3, 0.4) is 0 Å². The van der Waals surface area contributed by atoms with E-state index in [4.69, 9.17) is 0 Å². The summed E-state index contributed by atoms with van der Waals surface area (Å²) in [6.45, 7) is 3.68. The van der Waals surface area contributed by atoms with Crippen molar-refractivity contribution >= 4 is 28.7 Å². The highest BCUT2D eigenvalue weighted by molar-refractivity contribution is 7.10. The molecule has 5 heteroatoms. The van der Waals surface area contributed by atoms with Crippen LogP contribution in [-0.2, 0) is 9.59 Å². The molecular formula is C18H17NO3S. The Morgan fingerprint density at radius 1 is 1.26 bits per heavy atom. The number of thiophene rings is 1. The van der Waals surface area contributed by atoms with Crippen molar-refractivity contribution in [3.05, 3.63) is 63.6 Å². The molecule has 3 rings (SSSR count). The molecule has 1 N–H and O–H groups in total. The molecule has 0 fully saturated rings. The van der Waals surface area contributed by atoms with Gasteiger partial charge in [0.15, 0.2) is 11.5 Å². The number of aliphatic hydroxyl groups is 1. The summed E-state index contributed by atoms with van der Waals surface area (Å²) in [6.07, 6.45) is 0.246. The van der Waals surface area contributed by atoms with Gasteiger partial charge in [0.2, 0.25) is 0 Å². The molecule has 1 aliphatic heterocycles. The van der Waals surface area contributed by atoms with Crippen molar-refractivity contribution in [3.8, 4) is 0 Å². The Hall–Kier alpha value is -2.40. The zero-order chi connectivity index (χ0) is 16.6.